The van der Waals surface area contributed by atoms with Gasteiger partial charge in [0.15, 0.2) is 6.61 Å². The third-order valence-electron chi connectivity index (χ3n) is 5.37. The summed E-state index contributed by atoms with van der Waals surface area (Å²) in [6.07, 6.45) is 0. The molecule has 1 amide bonds. The average Bonchev–Trinajstić information content (AvgIpc) is 2.82. The maximum atomic E-state index is 13.1. The predicted octanol–water partition coefficient (Wildman–Crippen LogP) is 2.76. The Hall–Kier alpha value is -3.10. The molecular weight excluding hydrogens is 416 g/mol. The molecule has 1 heterocycles. The van der Waals surface area contributed by atoms with Crippen molar-refractivity contribution in [3.05, 3.63) is 66.7 Å². The number of piperazine rings is 1. The van der Waals surface area contributed by atoms with Gasteiger partial charge in [-0.25, -0.2) is 8.42 Å². The second kappa shape index (κ2) is 8.95. The highest BCUT2D eigenvalue weighted by molar-refractivity contribution is 7.89. The van der Waals surface area contributed by atoms with Crippen LogP contribution in [0.15, 0.2) is 71.6 Å². The topological polar surface area (TPSA) is 76.2 Å². The quantitative estimate of drug-likeness (QED) is 0.589. The van der Waals surface area contributed by atoms with E-state index in [4.69, 9.17) is 9.47 Å². The molecule has 0 aliphatic carbocycles. The summed E-state index contributed by atoms with van der Waals surface area (Å²) < 4.78 is 38.2. The molecule has 1 saturated heterocycles. The Bertz CT molecular complexity index is 1170. The molecule has 0 atom stereocenters. The zero-order valence-corrected chi connectivity index (χ0v) is 18.0. The molecule has 162 valence electrons. The molecule has 0 radical (unpaired) electrons. The van der Waals surface area contributed by atoms with Gasteiger partial charge in [-0.3, -0.25) is 4.79 Å². The third-order valence-corrected chi connectivity index (χ3v) is 7.27. The van der Waals surface area contributed by atoms with E-state index in [9.17, 15) is 13.2 Å². The number of rotatable bonds is 6. The highest BCUT2D eigenvalue weighted by atomic mass is 32.2. The molecule has 1 aliphatic rings. The minimum absolute atomic E-state index is 0.0935. The lowest BCUT2D eigenvalue weighted by Crippen LogP contribution is -2.51. The van der Waals surface area contributed by atoms with E-state index in [2.05, 4.69) is 0 Å². The van der Waals surface area contributed by atoms with E-state index in [1.807, 2.05) is 30.3 Å². The van der Waals surface area contributed by atoms with Crippen LogP contribution in [0.2, 0.25) is 0 Å². The van der Waals surface area contributed by atoms with Crippen LogP contribution < -0.4 is 9.47 Å². The van der Waals surface area contributed by atoms with Gasteiger partial charge in [-0.1, -0.05) is 30.3 Å². The van der Waals surface area contributed by atoms with E-state index < -0.39 is 10.0 Å². The molecule has 1 fully saturated rings. The van der Waals surface area contributed by atoms with E-state index in [-0.39, 0.29) is 30.5 Å². The molecule has 0 aromatic heterocycles. The fourth-order valence-corrected chi connectivity index (χ4v) is 5.02. The number of methoxy groups -OCH3 is 1. The molecule has 0 bridgehead atoms. The van der Waals surface area contributed by atoms with E-state index in [0.717, 1.165) is 10.8 Å². The fraction of sp³-hybridized carbons (Fsp3) is 0.261. The van der Waals surface area contributed by atoms with Crippen LogP contribution in [0.25, 0.3) is 10.8 Å². The maximum absolute atomic E-state index is 13.1. The summed E-state index contributed by atoms with van der Waals surface area (Å²) in [6.45, 7) is 1.08. The summed E-state index contributed by atoms with van der Waals surface area (Å²) >= 11 is 0. The minimum atomic E-state index is -3.61. The highest BCUT2D eigenvalue weighted by Crippen LogP contribution is 2.23. The van der Waals surface area contributed by atoms with Crippen LogP contribution in [0.5, 0.6) is 11.5 Å². The van der Waals surface area contributed by atoms with E-state index >= 15 is 0 Å². The van der Waals surface area contributed by atoms with Crippen molar-refractivity contribution in [2.75, 3.05) is 39.9 Å². The summed E-state index contributed by atoms with van der Waals surface area (Å²) in [5, 5.41) is 1.88. The monoisotopic (exact) mass is 440 g/mol. The fourth-order valence-electron chi connectivity index (χ4n) is 3.56. The van der Waals surface area contributed by atoms with Crippen LogP contribution in [0.4, 0.5) is 0 Å². The number of sulfonamides is 1. The third kappa shape index (κ3) is 4.65. The summed E-state index contributed by atoms with van der Waals surface area (Å²) in [5.74, 6) is 1.12. The van der Waals surface area contributed by atoms with Crippen molar-refractivity contribution in [2.45, 2.75) is 4.90 Å². The van der Waals surface area contributed by atoms with Crippen molar-refractivity contribution in [3.63, 3.8) is 0 Å². The Balaban J connectivity index is 1.35. The standard InChI is InChI=1S/C23H24N2O5S/c1-29-20-7-9-21(10-8-20)30-17-23(26)24-12-14-25(15-13-24)31(27,28)22-11-6-18-4-2-3-5-19(18)16-22/h2-11,16H,12-15,17H2,1H3. The second-order valence-electron chi connectivity index (χ2n) is 7.26. The molecule has 3 aromatic rings. The van der Waals surface area contributed by atoms with E-state index in [0.29, 0.717) is 24.6 Å². The molecule has 0 spiro atoms. The molecule has 0 N–H and O–H groups in total. The molecule has 4 rings (SSSR count). The number of ether oxygens (including phenoxy) is 2. The van der Waals surface area contributed by atoms with Crippen molar-refractivity contribution < 1.29 is 22.7 Å². The van der Waals surface area contributed by atoms with E-state index in [1.54, 1.807) is 48.4 Å². The average molecular weight is 441 g/mol. The first-order valence-corrected chi connectivity index (χ1v) is 11.4. The van der Waals surface area contributed by atoms with Gasteiger partial charge in [0.2, 0.25) is 10.0 Å². The van der Waals surface area contributed by atoms with Crippen LogP contribution >= 0.6 is 0 Å². The van der Waals surface area contributed by atoms with Gasteiger partial charge < -0.3 is 14.4 Å². The number of nitrogens with zero attached hydrogens (tertiary/aromatic N) is 2. The first-order valence-electron chi connectivity index (χ1n) is 10.0. The van der Waals surface area contributed by atoms with Crippen LogP contribution in [0, 0.1) is 0 Å². The molecule has 31 heavy (non-hydrogen) atoms. The van der Waals surface area contributed by atoms with Crippen LogP contribution in [0.3, 0.4) is 0 Å². The van der Waals surface area contributed by atoms with Crippen LogP contribution in [-0.2, 0) is 14.8 Å². The predicted molar refractivity (Wildman–Crippen MR) is 118 cm³/mol. The number of fused-ring (bicyclic) bond motifs is 1. The zero-order chi connectivity index (χ0) is 21.8. The molecule has 7 nitrogen and oxygen atoms in total. The highest BCUT2D eigenvalue weighted by Gasteiger charge is 2.30. The normalized spacial score (nSPS) is 15.1. The molecule has 3 aromatic carbocycles. The van der Waals surface area contributed by atoms with Gasteiger partial charge in [0.1, 0.15) is 11.5 Å². The largest absolute Gasteiger partial charge is 0.497 e. The van der Waals surface area contributed by atoms with Crippen LogP contribution in [-0.4, -0.2) is 63.4 Å². The molecule has 1 aliphatic heterocycles. The second-order valence-corrected chi connectivity index (χ2v) is 9.20. The van der Waals surface area contributed by atoms with Gasteiger partial charge in [0, 0.05) is 26.2 Å². The van der Waals surface area contributed by atoms with Crippen molar-refractivity contribution in [3.8, 4) is 11.5 Å². The Kier molecular flexibility index (Phi) is 6.11. The first-order chi connectivity index (χ1) is 15.0. The van der Waals surface area contributed by atoms with Crippen molar-refractivity contribution in [1.29, 1.82) is 0 Å². The Labute approximate surface area is 181 Å². The number of carbonyl (C=O) groups excluding carboxylic acids is 1. The van der Waals surface area contributed by atoms with Crippen molar-refractivity contribution in [1.82, 2.24) is 9.21 Å². The number of hydrogen-bond acceptors (Lipinski definition) is 5. The van der Waals surface area contributed by atoms with Crippen molar-refractivity contribution in [2.24, 2.45) is 0 Å². The summed E-state index contributed by atoms with van der Waals surface area (Å²) in [7, 11) is -2.03. The zero-order valence-electron chi connectivity index (χ0n) is 17.2. The van der Waals surface area contributed by atoms with Crippen LogP contribution in [0.1, 0.15) is 0 Å². The number of hydrogen-bond donors (Lipinski definition) is 0. The minimum Gasteiger partial charge on any atom is -0.497 e. The maximum Gasteiger partial charge on any atom is 0.260 e. The van der Waals surface area contributed by atoms with Gasteiger partial charge in [-0.15, -0.1) is 0 Å². The SMILES string of the molecule is COc1ccc(OCC(=O)N2CCN(S(=O)(=O)c3ccc4ccccc4c3)CC2)cc1. The van der Waals surface area contributed by atoms with E-state index in [1.165, 1.54) is 4.31 Å². The molecule has 0 saturated carbocycles. The Morgan fingerprint density at radius 2 is 1.52 bits per heavy atom. The summed E-state index contributed by atoms with van der Waals surface area (Å²) in [4.78, 5) is 14.4. The number of benzene rings is 3. The number of carbonyl (C=O) groups is 1. The number of amides is 1. The lowest BCUT2D eigenvalue weighted by molar-refractivity contribution is -0.134. The van der Waals surface area contributed by atoms with Gasteiger partial charge in [0.25, 0.3) is 5.91 Å². The van der Waals surface area contributed by atoms with Gasteiger partial charge in [-0.2, -0.15) is 4.31 Å². The van der Waals surface area contributed by atoms with Gasteiger partial charge in [-0.05, 0) is 47.2 Å². The Morgan fingerprint density at radius 1 is 0.871 bits per heavy atom. The van der Waals surface area contributed by atoms with Gasteiger partial charge in [0.05, 0.1) is 12.0 Å². The van der Waals surface area contributed by atoms with Gasteiger partial charge >= 0.3 is 0 Å². The smallest absolute Gasteiger partial charge is 0.260 e. The molecular formula is C23H24N2O5S. The summed E-state index contributed by atoms with van der Waals surface area (Å²) in [6, 6.07) is 19.8. The lowest BCUT2D eigenvalue weighted by Gasteiger charge is -2.34. The van der Waals surface area contributed by atoms with Crippen molar-refractivity contribution >= 4 is 26.7 Å². The Morgan fingerprint density at radius 3 is 2.19 bits per heavy atom. The molecule has 0 unspecified atom stereocenters. The molecule has 8 heteroatoms. The lowest BCUT2D eigenvalue weighted by atomic mass is 10.1. The summed E-state index contributed by atoms with van der Waals surface area (Å²) in [5.41, 5.74) is 0. The first kappa shape index (κ1) is 21.1.